The summed E-state index contributed by atoms with van der Waals surface area (Å²) in [5, 5.41) is 0. The summed E-state index contributed by atoms with van der Waals surface area (Å²) < 4.78 is 11.6. The zero-order chi connectivity index (χ0) is 15.6. The molecule has 23 heavy (non-hydrogen) atoms. The molecule has 0 unspecified atom stereocenters. The van der Waals surface area contributed by atoms with Gasteiger partial charge >= 0.3 is 0 Å². The summed E-state index contributed by atoms with van der Waals surface area (Å²) in [6.07, 6.45) is 12.0. The van der Waals surface area contributed by atoms with E-state index in [-0.39, 0.29) is 0 Å². The molecule has 0 atom stereocenters. The number of ether oxygens (including phenoxy) is 1. The molecule has 113 valence electrons. The average Bonchev–Trinajstić information content (AvgIpc) is 3.37. The molecule has 3 heterocycles. The quantitative estimate of drug-likeness (QED) is 0.553. The lowest BCUT2D eigenvalue weighted by molar-refractivity contribution is 0.467. The van der Waals surface area contributed by atoms with Crippen LogP contribution in [0.25, 0.3) is 17.1 Å². The summed E-state index contributed by atoms with van der Waals surface area (Å²) in [6.45, 7) is 0. The normalized spacial score (nSPS) is 10.8. The highest BCUT2D eigenvalue weighted by Gasteiger charge is 2.15. The van der Waals surface area contributed by atoms with Crippen LogP contribution in [-0.2, 0) is 0 Å². The van der Waals surface area contributed by atoms with Crippen LogP contribution in [0.4, 0.5) is 0 Å². The summed E-state index contributed by atoms with van der Waals surface area (Å²) >= 11 is 0. The minimum Gasteiger partial charge on any atom is -0.486 e. The van der Waals surface area contributed by atoms with E-state index in [9.17, 15) is 0 Å². The summed E-state index contributed by atoms with van der Waals surface area (Å²) in [7, 11) is 3.66. The number of aromatic nitrogens is 3. The number of hydrogen-bond donors (Lipinski definition) is 0. The molecule has 1 aromatic carbocycles. The molecule has 0 aliphatic heterocycles. The van der Waals surface area contributed by atoms with Crippen LogP contribution in [0.3, 0.4) is 0 Å². The third kappa shape index (κ3) is 2.34. The van der Waals surface area contributed by atoms with E-state index in [2.05, 4.69) is 23.8 Å². The Labute approximate surface area is 134 Å². The van der Waals surface area contributed by atoms with Crippen LogP contribution in [0.2, 0.25) is 0 Å². The van der Waals surface area contributed by atoms with Crippen LogP contribution in [-0.4, -0.2) is 13.7 Å². The molecule has 3 aromatic heterocycles. The number of nitrogens with zero attached hydrogens (tertiary/aromatic N) is 3. The van der Waals surface area contributed by atoms with E-state index in [0.717, 1.165) is 22.8 Å². The first-order chi connectivity index (χ1) is 11.4. The first-order valence-corrected chi connectivity index (χ1v) is 7.37. The Morgan fingerprint density at radius 3 is 1.39 bits per heavy atom. The molecule has 0 saturated carbocycles. The van der Waals surface area contributed by atoms with Gasteiger partial charge < -0.3 is 18.4 Å². The van der Waals surface area contributed by atoms with E-state index >= 15 is 0 Å². The van der Waals surface area contributed by atoms with Crippen LogP contribution in [0.1, 0.15) is 0 Å². The highest BCUT2D eigenvalue weighted by Crippen LogP contribution is 2.34. The second kappa shape index (κ2) is 5.57. The second-order valence-corrected chi connectivity index (χ2v) is 5.23. The van der Waals surface area contributed by atoms with E-state index < -0.39 is 0 Å². The largest absolute Gasteiger partial charge is 0.486 e. The fourth-order valence-electron chi connectivity index (χ4n) is 2.76. The van der Waals surface area contributed by atoms with Crippen molar-refractivity contribution in [2.75, 3.05) is 0 Å². The van der Waals surface area contributed by atoms with Gasteiger partial charge in [0.1, 0.15) is 7.11 Å². The van der Waals surface area contributed by atoms with Crippen LogP contribution in [0, 0.1) is 7.11 Å². The number of benzene rings is 1. The standard InChI is InChI=1S/C19H16N3O/c1-23-19-17(21-10-4-5-11-21)14-16(20-8-2-3-9-20)15-18(19)22-12-6-7-13-22/h2-15H,1H2. The smallest absolute Gasteiger partial charge is 0.167 e. The first kappa shape index (κ1) is 13.5. The lowest BCUT2D eigenvalue weighted by Gasteiger charge is -2.18. The van der Waals surface area contributed by atoms with Gasteiger partial charge in [-0.3, -0.25) is 0 Å². The molecule has 4 heteroatoms. The van der Waals surface area contributed by atoms with Crippen molar-refractivity contribution in [2.24, 2.45) is 0 Å². The Kier molecular flexibility index (Phi) is 3.27. The van der Waals surface area contributed by atoms with Crippen LogP contribution < -0.4 is 4.74 Å². The molecular formula is C19H16N3O. The summed E-state index contributed by atoms with van der Waals surface area (Å²) in [5.41, 5.74) is 2.95. The average molecular weight is 302 g/mol. The Bertz CT molecular complexity index is 833. The molecule has 0 saturated heterocycles. The maximum atomic E-state index is 5.50. The van der Waals surface area contributed by atoms with E-state index in [1.165, 1.54) is 0 Å². The summed E-state index contributed by atoms with van der Waals surface area (Å²) in [5.74, 6) is 0.730. The zero-order valence-electron chi connectivity index (χ0n) is 12.5. The van der Waals surface area contributed by atoms with Gasteiger partial charge in [-0.2, -0.15) is 0 Å². The minimum absolute atomic E-state index is 0.730. The maximum absolute atomic E-state index is 5.50. The van der Waals surface area contributed by atoms with Crippen molar-refractivity contribution >= 4 is 0 Å². The van der Waals surface area contributed by atoms with Gasteiger partial charge in [0.2, 0.25) is 0 Å². The second-order valence-electron chi connectivity index (χ2n) is 5.23. The van der Waals surface area contributed by atoms with Gasteiger partial charge in [-0.1, -0.05) is 0 Å². The summed E-state index contributed by atoms with van der Waals surface area (Å²) in [4.78, 5) is 0. The molecule has 4 nitrogen and oxygen atoms in total. The first-order valence-electron chi connectivity index (χ1n) is 7.37. The van der Waals surface area contributed by atoms with Crippen molar-refractivity contribution in [2.45, 2.75) is 0 Å². The van der Waals surface area contributed by atoms with Gasteiger partial charge in [-0.25, -0.2) is 0 Å². The molecule has 0 amide bonds. The van der Waals surface area contributed by atoms with Crippen molar-refractivity contribution in [3.05, 3.63) is 92.8 Å². The molecule has 0 bridgehead atoms. The van der Waals surface area contributed by atoms with E-state index in [1.54, 1.807) is 0 Å². The van der Waals surface area contributed by atoms with Crippen molar-refractivity contribution in [1.82, 2.24) is 13.7 Å². The van der Waals surface area contributed by atoms with Crippen molar-refractivity contribution < 1.29 is 4.74 Å². The summed E-state index contributed by atoms with van der Waals surface area (Å²) in [6, 6.07) is 16.2. The Morgan fingerprint density at radius 2 is 1.00 bits per heavy atom. The van der Waals surface area contributed by atoms with Gasteiger partial charge in [0.15, 0.2) is 5.75 Å². The third-order valence-electron chi connectivity index (χ3n) is 3.85. The van der Waals surface area contributed by atoms with Crippen molar-refractivity contribution in [1.29, 1.82) is 0 Å². The van der Waals surface area contributed by atoms with Gasteiger partial charge in [-0.15, -0.1) is 0 Å². The van der Waals surface area contributed by atoms with Gasteiger partial charge in [0.05, 0.1) is 11.4 Å². The van der Waals surface area contributed by atoms with Crippen LogP contribution >= 0.6 is 0 Å². The molecule has 4 aromatic rings. The molecule has 1 radical (unpaired) electrons. The van der Waals surface area contributed by atoms with E-state index in [0.29, 0.717) is 0 Å². The van der Waals surface area contributed by atoms with Gasteiger partial charge in [0, 0.05) is 42.9 Å². The fourth-order valence-corrected chi connectivity index (χ4v) is 2.76. The predicted octanol–water partition coefficient (Wildman–Crippen LogP) is 4.23. The molecule has 0 aliphatic rings. The highest BCUT2D eigenvalue weighted by atomic mass is 16.5. The van der Waals surface area contributed by atoms with Gasteiger partial charge in [0.25, 0.3) is 0 Å². The van der Waals surface area contributed by atoms with Gasteiger partial charge in [-0.05, 0) is 48.5 Å². The van der Waals surface area contributed by atoms with E-state index in [1.807, 2.05) is 82.7 Å². The van der Waals surface area contributed by atoms with Crippen molar-refractivity contribution in [3.63, 3.8) is 0 Å². The Hall–Kier alpha value is -3.14. The van der Waals surface area contributed by atoms with E-state index in [4.69, 9.17) is 4.74 Å². The molecule has 0 fully saturated rings. The molecular weight excluding hydrogens is 286 g/mol. The Balaban J connectivity index is 2.01. The maximum Gasteiger partial charge on any atom is 0.167 e. The Morgan fingerprint density at radius 1 is 0.609 bits per heavy atom. The monoisotopic (exact) mass is 302 g/mol. The molecule has 4 rings (SSSR count). The fraction of sp³-hybridized carbons (Fsp3) is 0. The van der Waals surface area contributed by atoms with Crippen LogP contribution in [0.5, 0.6) is 5.75 Å². The number of hydrogen-bond acceptors (Lipinski definition) is 1. The predicted molar refractivity (Wildman–Crippen MR) is 90.4 cm³/mol. The van der Waals surface area contributed by atoms with Crippen LogP contribution in [0.15, 0.2) is 85.7 Å². The zero-order valence-corrected chi connectivity index (χ0v) is 12.5. The molecule has 0 aliphatic carbocycles. The third-order valence-corrected chi connectivity index (χ3v) is 3.85. The lowest BCUT2D eigenvalue weighted by Crippen LogP contribution is -2.03. The lowest BCUT2D eigenvalue weighted by atomic mass is 10.2. The molecule has 0 N–H and O–H groups in total. The SMILES string of the molecule is [CH2]Oc1c(-n2cccc2)cc(-n2cccc2)cc1-n1cccc1. The van der Waals surface area contributed by atoms with Crippen molar-refractivity contribution in [3.8, 4) is 22.8 Å². The minimum atomic E-state index is 0.730. The molecule has 0 spiro atoms. The highest BCUT2D eigenvalue weighted by molar-refractivity contribution is 5.65. The number of rotatable bonds is 4. The topological polar surface area (TPSA) is 24.0 Å².